The molecule has 0 amide bonds. The third-order valence-corrected chi connectivity index (χ3v) is 1.51. The van der Waals surface area contributed by atoms with Crippen LogP contribution < -0.4 is 0 Å². The van der Waals surface area contributed by atoms with Crippen LogP contribution in [-0.4, -0.2) is 12.9 Å². The highest BCUT2D eigenvalue weighted by molar-refractivity contribution is 5.82. The number of allylic oxidation sites excluding steroid dienone is 2. The molecule has 0 saturated heterocycles. The summed E-state index contributed by atoms with van der Waals surface area (Å²) in [5.41, 5.74) is -0.0149. The van der Waals surface area contributed by atoms with Crippen LogP contribution in [0.5, 0.6) is 0 Å². The Labute approximate surface area is 75.3 Å². The van der Waals surface area contributed by atoms with E-state index in [2.05, 4.69) is 25.8 Å². The van der Waals surface area contributed by atoms with Gasteiger partial charge in [-0.3, -0.25) is 4.99 Å². The van der Waals surface area contributed by atoms with E-state index in [-0.39, 0.29) is 5.41 Å². The van der Waals surface area contributed by atoms with Crippen LogP contribution in [0.25, 0.3) is 0 Å². The van der Waals surface area contributed by atoms with Crippen molar-refractivity contribution in [1.29, 1.82) is 0 Å². The van der Waals surface area contributed by atoms with Crippen LogP contribution in [0.3, 0.4) is 0 Å². The predicted molar refractivity (Wildman–Crippen MR) is 53.3 cm³/mol. The maximum absolute atomic E-state index is 5.52. The van der Waals surface area contributed by atoms with Gasteiger partial charge < -0.3 is 4.74 Å². The summed E-state index contributed by atoms with van der Waals surface area (Å²) in [6.07, 6.45) is 1.93. The summed E-state index contributed by atoms with van der Waals surface area (Å²) in [5.74, 6) is 1.67. The van der Waals surface area contributed by atoms with E-state index in [1.165, 1.54) is 0 Å². The molecule has 0 aromatic heterocycles. The van der Waals surface area contributed by atoms with Crippen molar-refractivity contribution in [1.82, 2.24) is 0 Å². The Balaban J connectivity index is 4.43. The maximum Gasteiger partial charge on any atom is 0.194 e. The molecule has 0 aliphatic carbocycles. The van der Waals surface area contributed by atoms with Crippen LogP contribution in [0.1, 0.15) is 34.6 Å². The van der Waals surface area contributed by atoms with E-state index in [0.717, 1.165) is 11.7 Å². The van der Waals surface area contributed by atoms with Gasteiger partial charge in [-0.25, -0.2) is 0 Å². The molecule has 0 aromatic rings. The molecule has 0 rings (SSSR count). The Hall–Kier alpha value is -0.790. The van der Waals surface area contributed by atoms with Crippen LogP contribution in [-0.2, 0) is 4.74 Å². The fourth-order valence-corrected chi connectivity index (χ4v) is 0.746. The lowest BCUT2D eigenvalue weighted by Gasteiger charge is -2.21. The molecule has 2 heteroatoms. The van der Waals surface area contributed by atoms with Gasteiger partial charge in [0, 0.05) is 12.5 Å². The third kappa shape index (κ3) is 3.56. The molecule has 0 heterocycles. The lowest BCUT2D eigenvalue weighted by molar-refractivity contribution is 0.347. The minimum atomic E-state index is -0.0149. The van der Waals surface area contributed by atoms with Crippen molar-refractivity contribution < 1.29 is 4.74 Å². The zero-order valence-electron chi connectivity index (χ0n) is 8.93. The third-order valence-electron chi connectivity index (χ3n) is 1.51. The molecule has 0 aliphatic rings. The van der Waals surface area contributed by atoms with Crippen LogP contribution in [0.15, 0.2) is 16.8 Å². The Morgan fingerprint density at radius 3 is 2.08 bits per heavy atom. The fourth-order valence-electron chi connectivity index (χ4n) is 0.746. The molecule has 0 aliphatic heterocycles. The zero-order valence-corrected chi connectivity index (χ0v) is 8.93. The van der Waals surface area contributed by atoms with Gasteiger partial charge in [0.05, 0.1) is 5.76 Å². The quantitative estimate of drug-likeness (QED) is 0.336. The number of hydrogen-bond donors (Lipinski definition) is 0. The van der Waals surface area contributed by atoms with Gasteiger partial charge in [0.1, 0.15) is 0 Å². The van der Waals surface area contributed by atoms with Crippen molar-refractivity contribution in [2.75, 3.05) is 7.05 Å². The highest BCUT2D eigenvalue weighted by Crippen LogP contribution is 2.18. The van der Waals surface area contributed by atoms with Crippen LogP contribution in [0, 0.1) is 5.41 Å². The smallest absolute Gasteiger partial charge is 0.194 e. The van der Waals surface area contributed by atoms with Gasteiger partial charge in [-0.1, -0.05) is 20.8 Å². The molecule has 0 spiro atoms. The Morgan fingerprint density at radius 2 is 1.83 bits per heavy atom. The zero-order chi connectivity index (χ0) is 9.78. The summed E-state index contributed by atoms with van der Waals surface area (Å²) < 4.78 is 5.52. The molecule has 0 fully saturated rings. The van der Waals surface area contributed by atoms with Crippen molar-refractivity contribution in [3.63, 3.8) is 0 Å². The molecule has 0 N–H and O–H groups in total. The first-order chi connectivity index (χ1) is 5.41. The minimum absolute atomic E-state index is 0.0149. The summed E-state index contributed by atoms with van der Waals surface area (Å²) in [7, 11) is 1.75. The number of aliphatic imine (C=N–C) groups is 1. The van der Waals surface area contributed by atoms with Gasteiger partial charge in [-0.2, -0.15) is 0 Å². The molecule has 0 atom stereocenters. The predicted octanol–water partition coefficient (Wildman–Crippen LogP) is 3.00. The highest BCUT2D eigenvalue weighted by atomic mass is 16.5. The molecular formula is C10H19NO. The number of ether oxygens (including phenoxy) is 1. The molecular weight excluding hydrogens is 150 g/mol. The van der Waals surface area contributed by atoms with Crippen molar-refractivity contribution in [3.05, 3.63) is 11.8 Å². The Bertz CT molecular complexity index is 196. The standard InChI is InChI=1S/C10H19NO/c1-7-8(2)12-9(11-6)10(3,4)5/h7H,1-6H3/b8-7-,11-9-. The van der Waals surface area contributed by atoms with Crippen molar-refractivity contribution in [2.24, 2.45) is 10.4 Å². The monoisotopic (exact) mass is 169 g/mol. The molecule has 0 saturated carbocycles. The van der Waals surface area contributed by atoms with Crippen molar-refractivity contribution in [3.8, 4) is 0 Å². The van der Waals surface area contributed by atoms with Crippen molar-refractivity contribution >= 4 is 5.90 Å². The van der Waals surface area contributed by atoms with Gasteiger partial charge in [0.15, 0.2) is 5.90 Å². The topological polar surface area (TPSA) is 21.6 Å². The van der Waals surface area contributed by atoms with E-state index in [1.54, 1.807) is 7.05 Å². The van der Waals surface area contributed by atoms with Crippen LogP contribution in [0.2, 0.25) is 0 Å². The first-order valence-corrected chi connectivity index (χ1v) is 4.20. The largest absolute Gasteiger partial charge is 0.448 e. The molecule has 0 aromatic carbocycles. The Kier molecular flexibility index (Phi) is 4.01. The second kappa shape index (κ2) is 4.29. The summed E-state index contributed by atoms with van der Waals surface area (Å²) in [4.78, 5) is 4.10. The van der Waals surface area contributed by atoms with Gasteiger partial charge in [-0.15, -0.1) is 0 Å². The van der Waals surface area contributed by atoms with E-state index in [4.69, 9.17) is 4.74 Å². The van der Waals surface area contributed by atoms with Crippen LogP contribution >= 0.6 is 0 Å². The second-order valence-electron chi connectivity index (χ2n) is 3.78. The number of nitrogens with zero attached hydrogens (tertiary/aromatic N) is 1. The van der Waals surface area contributed by atoms with E-state index in [0.29, 0.717) is 0 Å². The first kappa shape index (κ1) is 11.2. The van der Waals surface area contributed by atoms with Gasteiger partial charge in [0.2, 0.25) is 0 Å². The highest BCUT2D eigenvalue weighted by Gasteiger charge is 2.20. The molecule has 0 bridgehead atoms. The fraction of sp³-hybridized carbons (Fsp3) is 0.700. The lowest BCUT2D eigenvalue weighted by atomic mass is 9.96. The molecule has 70 valence electrons. The molecule has 2 nitrogen and oxygen atoms in total. The molecule has 12 heavy (non-hydrogen) atoms. The minimum Gasteiger partial charge on any atom is -0.448 e. The van der Waals surface area contributed by atoms with Crippen molar-refractivity contribution in [2.45, 2.75) is 34.6 Å². The van der Waals surface area contributed by atoms with Gasteiger partial charge in [-0.05, 0) is 19.9 Å². The maximum atomic E-state index is 5.52. The SMILES string of the molecule is C/C=C(/C)O/C(=N\C)C(C)(C)C. The van der Waals surface area contributed by atoms with Crippen LogP contribution in [0.4, 0.5) is 0 Å². The summed E-state index contributed by atoms with van der Waals surface area (Å²) in [6, 6.07) is 0. The number of rotatable bonds is 1. The number of hydrogen-bond acceptors (Lipinski definition) is 2. The normalized spacial score (nSPS) is 14.8. The summed E-state index contributed by atoms with van der Waals surface area (Å²) >= 11 is 0. The molecule has 0 unspecified atom stereocenters. The molecule has 0 radical (unpaired) electrons. The van der Waals surface area contributed by atoms with E-state index < -0.39 is 0 Å². The average Bonchev–Trinajstić information content (AvgIpc) is 1.97. The summed E-state index contributed by atoms with van der Waals surface area (Å²) in [5, 5.41) is 0. The second-order valence-corrected chi connectivity index (χ2v) is 3.78. The Morgan fingerprint density at radius 1 is 1.33 bits per heavy atom. The first-order valence-electron chi connectivity index (χ1n) is 4.20. The average molecular weight is 169 g/mol. The lowest BCUT2D eigenvalue weighted by Crippen LogP contribution is -2.22. The van der Waals surface area contributed by atoms with Gasteiger partial charge >= 0.3 is 0 Å². The summed E-state index contributed by atoms with van der Waals surface area (Å²) in [6.45, 7) is 10.1. The van der Waals surface area contributed by atoms with E-state index in [1.807, 2.05) is 19.9 Å². The van der Waals surface area contributed by atoms with Gasteiger partial charge in [0.25, 0.3) is 0 Å². The van der Waals surface area contributed by atoms with E-state index in [9.17, 15) is 0 Å². The van der Waals surface area contributed by atoms with E-state index >= 15 is 0 Å².